The fourth-order valence-electron chi connectivity index (χ4n) is 10.7. The molecule has 1 unspecified atom stereocenters. The van der Waals surface area contributed by atoms with Gasteiger partial charge in [-0.25, -0.2) is 0 Å². The van der Waals surface area contributed by atoms with Gasteiger partial charge in [-0.3, -0.25) is 0 Å². The molecular formula is C62H44IrN2OS-2. The number of hydrogen-bond donors (Lipinski definition) is 0. The maximum atomic E-state index is 6.83. The van der Waals surface area contributed by atoms with Gasteiger partial charge in [0.05, 0.1) is 5.41 Å². The van der Waals surface area contributed by atoms with E-state index in [4.69, 9.17) is 9.72 Å². The smallest absolute Gasteiger partial charge is 0.119 e. The number of ether oxygens (including phenoxy) is 1. The van der Waals surface area contributed by atoms with Crippen LogP contribution in [0.25, 0.3) is 59.4 Å². The third-order valence-corrected chi connectivity index (χ3v) is 15.1. The van der Waals surface area contributed by atoms with E-state index in [1.54, 1.807) is 0 Å². The van der Waals surface area contributed by atoms with Crippen molar-refractivity contribution in [3.8, 4) is 45.1 Å². The monoisotopic (exact) mass is 1060 g/mol. The van der Waals surface area contributed by atoms with Crippen molar-refractivity contribution in [2.45, 2.75) is 31.1 Å². The largest absolute Gasteiger partial charge is 0.501 e. The molecule has 0 amide bonds. The van der Waals surface area contributed by atoms with Crippen LogP contribution in [0.15, 0.2) is 213 Å². The standard InChI is InChI=1S/C39H30NO.C23H14NS.Ir/c1-38(2)31-20-10-9-18-28(31)30-24-35(40-25-34(30)38)29-19-13-22-33-37(29)41-36-23-12-11-21-32(36)39(33,26-14-5-3-6-15-26)27-16-7-4-8-17-27;1-2-7-16(8-3-1)17-12-13-22-20(15-17)18-9-6-10-19(23(18)25-22)21-11-4-5-14-24-21;/h3-18,21-25,31H,20H2,1-2H3;1-9,11-15H;/q2*-1;. The molecule has 67 heavy (non-hydrogen) atoms. The van der Waals surface area contributed by atoms with Gasteiger partial charge in [-0.05, 0) is 102 Å². The number of aromatic nitrogens is 2. The summed E-state index contributed by atoms with van der Waals surface area (Å²) < 4.78 is 9.38. The van der Waals surface area contributed by atoms with Crippen LogP contribution in [0.1, 0.15) is 53.6 Å². The molecule has 0 N–H and O–H groups in total. The fraction of sp³-hybridized carbons (Fsp3) is 0.0968. The molecule has 1 atom stereocenters. The van der Waals surface area contributed by atoms with Gasteiger partial charge in [-0.1, -0.05) is 182 Å². The Hall–Kier alpha value is -7.01. The van der Waals surface area contributed by atoms with Crippen molar-refractivity contribution in [2.24, 2.45) is 5.92 Å². The maximum Gasteiger partial charge on any atom is 0.119 e. The molecule has 0 fully saturated rings. The van der Waals surface area contributed by atoms with Gasteiger partial charge in [0.2, 0.25) is 0 Å². The summed E-state index contributed by atoms with van der Waals surface area (Å²) >= 11 is 1.82. The molecule has 5 heteroatoms. The molecule has 0 saturated carbocycles. The van der Waals surface area contributed by atoms with E-state index in [9.17, 15) is 0 Å². The van der Waals surface area contributed by atoms with Crippen molar-refractivity contribution < 1.29 is 24.8 Å². The Kier molecular flexibility index (Phi) is 11.0. The van der Waals surface area contributed by atoms with Crippen LogP contribution in [0, 0.1) is 18.1 Å². The van der Waals surface area contributed by atoms with Crippen LogP contribution in [0.3, 0.4) is 0 Å². The van der Waals surface area contributed by atoms with Gasteiger partial charge in [0.1, 0.15) is 5.75 Å². The van der Waals surface area contributed by atoms with E-state index in [1.807, 2.05) is 47.9 Å². The second-order valence-electron chi connectivity index (χ2n) is 17.8. The van der Waals surface area contributed by atoms with E-state index in [0.29, 0.717) is 5.92 Å². The first-order valence-electron chi connectivity index (χ1n) is 22.7. The number of benzene rings is 7. The van der Waals surface area contributed by atoms with Crippen molar-refractivity contribution in [1.29, 1.82) is 0 Å². The van der Waals surface area contributed by atoms with Gasteiger partial charge >= 0.3 is 0 Å². The quantitative estimate of drug-likeness (QED) is 0.161. The Morgan fingerprint density at radius 3 is 2.07 bits per heavy atom. The molecule has 7 aromatic carbocycles. The van der Waals surface area contributed by atoms with Crippen LogP contribution in [-0.2, 0) is 30.9 Å². The summed E-state index contributed by atoms with van der Waals surface area (Å²) in [5, 5.41) is 2.57. The van der Waals surface area contributed by atoms with Crippen LogP contribution in [0.5, 0.6) is 11.5 Å². The van der Waals surface area contributed by atoms with Crippen LogP contribution in [0.2, 0.25) is 0 Å². The number of thiophene rings is 1. The Balaban J connectivity index is 0.000000163. The SMILES string of the molecule is CC1(C)c2cnc(-c3[c-]ccc4c3Oc3ccccc3C4(c3ccccc3)c3ccccc3)cc2C2=CC=CCC21.[Ir].[c-]1ccc2c(sc3ccc(-c4ccccc4)cc32)c1-c1ccccn1. The van der Waals surface area contributed by atoms with E-state index in [0.717, 1.165) is 51.6 Å². The minimum atomic E-state index is -0.558. The van der Waals surface area contributed by atoms with Gasteiger partial charge in [0, 0.05) is 48.5 Å². The van der Waals surface area contributed by atoms with Gasteiger partial charge < -0.3 is 14.7 Å². The van der Waals surface area contributed by atoms with E-state index < -0.39 is 5.41 Å². The zero-order valence-corrected chi connectivity index (χ0v) is 40.2. The van der Waals surface area contributed by atoms with Crippen LogP contribution in [-0.4, -0.2) is 9.97 Å². The molecule has 2 aliphatic carbocycles. The van der Waals surface area contributed by atoms with Crippen molar-refractivity contribution in [1.82, 2.24) is 9.97 Å². The van der Waals surface area contributed by atoms with Crippen molar-refractivity contribution >= 4 is 37.1 Å². The molecule has 325 valence electrons. The van der Waals surface area contributed by atoms with Crippen LogP contribution >= 0.6 is 11.3 Å². The molecule has 10 aromatic rings. The molecule has 1 radical (unpaired) electrons. The number of fused-ring (bicyclic) bond motifs is 8. The number of rotatable bonds is 5. The average molecular weight is 1060 g/mol. The summed E-state index contributed by atoms with van der Waals surface area (Å²) in [5.41, 5.74) is 14.5. The minimum Gasteiger partial charge on any atom is -0.501 e. The topological polar surface area (TPSA) is 35.0 Å². The summed E-state index contributed by atoms with van der Waals surface area (Å²) in [6.07, 6.45) is 11.8. The molecular weight excluding hydrogens is 1010 g/mol. The molecule has 13 rings (SSSR count). The van der Waals surface area contributed by atoms with Crippen molar-refractivity contribution in [3.05, 3.63) is 258 Å². The molecule has 4 heterocycles. The Morgan fingerprint density at radius 2 is 1.31 bits per heavy atom. The number of allylic oxidation sites excluding steroid dienone is 4. The number of nitrogens with zero attached hydrogens (tertiary/aromatic N) is 2. The molecule has 0 spiro atoms. The third-order valence-electron chi connectivity index (χ3n) is 13.9. The first-order chi connectivity index (χ1) is 32.5. The summed E-state index contributed by atoms with van der Waals surface area (Å²) in [6.45, 7) is 4.70. The second-order valence-corrected chi connectivity index (χ2v) is 18.9. The van der Waals surface area contributed by atoms with Crippen molar-refractivity contribution in [2.75, 3.05) is 0 Å². The molecule has 3 nitrogen and oxygen atoms in total. The van der Waals surface area contributed by atoms with Crippen LogP contribution < -0.4 is 4.74 Å². The van der Waals surface area contributed by atoms with Crippen molar-refractivity contribution in [3.63, 3.8) is 0 Å². The molecule has 0 saturated heterocycles. The van der Waals surface area contributed by atoms with E-state index in [-0.39, 0.29) is 25.5 Å². The molecule has 1 aliphatic heterocycles. The molecule has 0 bridgehead atoms. The van der Waals surface area contributed by atoms with E-state index in [1.165, 1.54) is 59.1 Å². The van der Waals surface area contributed by atoms with Crippen LogP contribution in [0.4, 0.5) is 0 Å². The summed E-state index contributed by atoms with van der Waals surface area (Å²) in [6, 6.07) is 70.9. The Morgan fingerprint density at radius 1 is 0.612 bits per heavy atom. The van der Waals surface area contributed by atoms with Gasteiger partial charge in [-0.15, -0.1) is 42.0 Å². The Labute approximate surface area is 409 Å². The Bertz CT molecular complexity index is 3470. The zero-order valence-electron chi connectivity index (χ0n) is 37.0. The summed E-state index contributed by atoms with van der Waals surface area (Å²) in [7, 11) is 0. The van der Waals surface area contributed by atoms with E-state index >= 15 is 0 Å². The normalized spacial score (nSPS) is 15.7. The second kappa shape index (κ2) is 17.3. The average Bonchev–Trinajstić information content (AvgIpc) is 3.87. The predicted molar refractivity (Wildman–Crippen MR) is 272 cm³/mol. The van der Waals surface area contributed by atoms with Gasteiger partial charge in [0.25, 0.3) is 0 Å². The third kappa shape index (κ3) is 7.04. The number of para-hydroxylation sites is 1. The fourth-order valence-corrected chi connectivity index (χ4v) is 11.9. The van der Waals surface area contributed by atoms with E-state index in [2.05, 4.69) is 207 Å². The number of pyridine rings is 2. The summed E-state index contributed by atoms with van der Waals surface area (Å²) in [5.74, 6) is 2.15. The maximum absolute atomic E-state index is 6.83. The minimum absolute atomic E-state index is 0. The zero-order chi connectivity index (χ0) is 44.2. The first kappa shape index (κ1) is 42.6. The van der Waals surface area contributed by atoms with Gasteiger partial charge in [0.15, 0.2) is 0 Å². The van der Waals surface area contributed by atoms with Gasteiger partial charge in [-0.2, -0.15) is 11.3 Å². The molecule has 3 aromatic heterocycles. The number of hydrogen-bond acceptors (Lipinski definition) is 4. The molecule has 3 aliphatic rings. The summed E-state index contributed by atoms with van der Waals surface area (Å²) in [4.78, 5) is 9.58. The first-order valence-corrected chi connectivity index (χ1v) is 23.5. The predicted octanol–water partition coefficient (Wildman–Crippen LogP) is 15.9.